The van der Waals surface area contributed by atoms with Gasteiger partial charge >= 0.3 is 0 Å². The zero-order chi connectivity index (χ0) is 21.0. The minimum Gasteiger partial charge on any atom is -0.325 e. The first-order chi connectivity index (χ1) is 13.9. The van der Waals surface area contributed by atoms with Gasteiger partial charge in [-0.15, -0.1) is 11.3 Å². The van der Waals surface area contributed by atoms with Crippen molar-refractivity contribution in [1.29, 1.82) is 5.26 Å². The summed E-state index contributed by atoms with van der Waals surface area (Å²) in [5, 5.41) is 9.13. The molecule has 7 nitrogen and oxygen atoms in total. The highest BCUT2D eigenvalue weighted by Crippen LogP contribution is 2.28. The van der Waals surface area contributed by atoms with E-state index in [2.05, 4.69) is 15.8 Å². The fourth-order valence-electron chi connectivity index (χ4n) is 3.69. The molecule has 0 unspecified atom stereocenters. The fourth-order valence-corrected chi connectivity index (χ4v) is 4.84. The highest BCUT2D eigenvalue weighted by molar-refractivity contribution is 7.14. The van der Waals surface area contributed by atoms with Crippen LogP contribution >= 0.6 is 11.3 Å². The summed E-state index contributed by atoms with van der Waals surface area (Å²) >= 11 is 1.50. The molecule has 0 atom stereocenters. The third-order valence-electron chi connectivity index (χ3n) is 5.31. The fraction of sp³-hybridized carbons (Fsp3) is 0.429. The van der Waals surface area contributed by atoms with Crippen molar-refractivity contribution in [3.63, 3.8) is 0 Å². The van der Waals surface area contributed by atoms with Gasteiger partial charge in [-0.05, 0) is 68.7 Å². The van der Waals surface area contributed by atoms with Crippen LogP contribution in [0.3, 0.4) is 0 Å². The van der Waals surface area contributed by atoms with Crippen LogP contribution in [-0.4, -0.2) is 16.8 Å². The number of nitriles is 1. The van der Waals surface area contributed by atoms with Crippen LogP contribution in [0.15, 0.2) is 10.9 Å². The first-order valence-corrected chi connectivity index (χ1v) is 10.6. The zero-order valence-electron chi connectivity index (χ0n) is 16.6. The molecule has 2 aromatic rings. The number of rotatable bonds is 4. The highest BCUT2D eigenvalue weighted by atomic mass is 32.1. The van der Waals surface area contributed by atoms with Crippen LogP contribution in [0.25, 0.3) is 0 Å². The van der Waals surface area contributed by atoms with E-state index in [0.717, 1.165) is 31.2 Å². The van der Waals surface area contributed by atoms with Crippen molar-refractivity contribution < 1.29 is 9.59 Å². The molecule has 0 saturated heterocycles. The maximum absolute atomic E-state index is 12.4. The molecule has 0 radical (unpaired) electrons. The van der Waals surface area contributed by atoms with Gasteiger partial charge in [0, 0.05) is 17.0 Å². The Bertz CT molecular complexity index is 1020. The molecular weight excluding hydrogens is 388 g/mol. The summed E-state index contributed by atoms with van der Waals surface area (Å²) in [6.07, 6.45) is 6.04. The number of H-pyrrole nitrogens is 1. The van der Waals surface area contributed by atoms with E-state index >= 15 is 0 Å². The molecule has 0 fully saturated rings. The number of pyridine rings is 1. The van der Waals surface area contributed by atoms with Crippen LogP contribution in [0.1, 0.15) is 68.2 Å². The molecule has 1 aliphatic carbocycles. The van der Waals surface area contributed by atoms with Crippen LogP contribution in [0, 0.1) is 25.2 Å². The molecule has 0 bridgehead atoms. The second-order valence-electron chi connectivity index (χ2n) is 7.29. The predicted octanol–water partition coefficient (Wildman–Crippen LogP) is 2.59. The molecule has 152 valence electrons. The van der Waals surface area contributed by atoms with E-state index in [4.69, 9.17) is 5.26 Å². The number of carbonyl (C=O) groups is 2. The Morgan fingerprint density at radius 1 is 1.21 bits per heavy atom. The van der Waals surface area contributed by atoms with Gasteiger partial charge < -0.3 is 4.98 Å². The Morgan fingerprint density at radius 2 is 1.97 bits per heavy atom. The minimum atomic E-state index is -0.419. The number of aromatic amines is 1. The number of amides is 2. The third-order valence-corrected chi connectivity index (χ3v) is 6.54. The summed E-state index contributed by atoms with van der Waals surface area (Å²) in [5.74, 6) is -0.639. The Hall–Kier alpha value is -2.92. The maximum atomic E-state index is 12.4. The van der Waals surface area contributed by atoms with E-state index in [9.17, 15) is 14.4 Å². The lowest BCUT2D eigenvalue weighted by molar-refractivity contribution is -0.121. The van der Waals surface area contributed by atoms with Gasteiger partial charge in [0.2, 0.25) is 5.91 Å². The number of hydrogen-bond acceptors (Lipinski definition) is 5. The zero-order valence-corrected chi connectivity index (χ0v) is 17.4. The maximum Gasteiger partial charge on any atom is 0.279 e. The summed E-state index contributed by atoms with van der Waals surface area (Å²) < 4.78 is 0. The van der Waals surface area contributed by atoms with E-state index in [1.807, 2.05) is 12.1 Å². The predicted molar refractivity (Wildman–Crippen MR) is 111 cm³/mol. The summed E-state index contributed by atoms with van der Waals surface area (Å²) in [6, 6.07) is 3.84. The van der Waals surface area contributed by atoms with E-state index in [0.29, 0.717) is 22.6 Å². The molecular formula is C21H24N4O3S. The highest BCUT2D eigenvalue weighted by Gasteiger charge is 2.17. The summed E-state index contributed by atoms with van der Waals surface area (Å²) in [5.41, 5.74) is 7.83. The molecule has 0 saturated carbocycles. The van der Waals surface area contributed by atoms with Gasteiger partial charge in [-0.2, -0.15) is 5.26 Å². The lowest BCUT2D eigenvalue weighted by atomic mass is 9.99. The number of aryl methyl sites for hydroxylation is 3. The van der Waals surface area contributed by atoms with Crippen molar-refractivity contribution >= 4 is 23.2 Å². The number of aromatic nitrogens is 1. The van der Waals surface area contributed by atoms with E-state index < -0.39 is 5.56 Å². The Labute approximate surface area is 173 Å². The number of carbonyl (C=O) groups excluding carboxylic acids is 2. The summed E-state index contributed by atoms with van der Waals surface area (Å²) in [7, 11) is 0. The van der Waals surface area contributed by atoms with Gasteiger partial charge in [0.05, 0.1) is 4.88 Å². The number of hydrogen-bond donors (Lipinski definition) is 3. The monoisotopic (exact) mass is 412 g/mol. The van der Waals surface area contributed by atoms with E-state index in [1.165, 1.54) is 28.2 Å². The lowest BCUT2D eigenvalue weighted by Gasteiger charge is -2.11. The SMILES string of the molecule is Cc1[nH]c(=O)c(C#N)c(C)c1CCC(=O)NNC(=O)c1cc2c(s1)CCCCC2. The van der Waals surface area contributed by atoms with Crippen molar-refractivity contribution in [2.24, 2.45) is 0 Å². The Kier molecular flexibility index (Phi) is 6.49. The van der Waals surface area contributed by atoms with Gasteiger partial charge in [0.15, 0.2) is 0 Å². The normalized spacial score (nSPS) is 13.1. The van der Waals surface area contributed by atoms with Crippen molar-refractivity contribution in [2.75, 3.05) is 0 Å². The van der Waals surface area contributed by atoms with Crippen molar-refractivity contribution in [3.8, 4) is 6.07 Å². The summed E-state index contributed by atoms with van der Waals surface area (Å²) in [4.78, 5) is 40.9. The van der Waals surface area contributed by atoms with Crippen LogP contribution < -0.4 is 16.4 Å². The molecule has 3 rings (SSSR count). The van der Waals surface area contributed by atoms with Crippen molar-refractivity contribution in [1.82, 2.24) is 15.8 Å². The second kappa shape index (κ2) is 9.05. The number of hydrazine groups is 1. The van der Waals surface area contributed by atoms with Gasteiger partial charge in [0.1, 0.15) is 11.6 Å². The average molecular weight is 413 g/mol. The topological polar surface area (TPSA) is 115 Å². The van der Waals surface area contributed by atoms with Crippen LogP contribution in [0.5, 0.6) is 0 Å². The largest absolute Gasteiger partial charge is 0.325 e. The number of fused-ring (bicyclic) bond motifs is 1. The molecule has 2 heterocycles. The average Bonchev–Trinajstić information content (AvgIpc) is 2.96. The smallest absolute Gasteiger partial charge is 0.279 e. The third kappa shape index (κ3) is 4.74. The molecule has 1 aliphatic rings. The molecule has 0 aliphatic heterocycles. The Balaban J connectivity index is 1.56. The first kappa shape index (κ1) is 20.8. The van der Waals surface area contributed by atoms with Gasteiger partial charge in [-0.25, -0.2) is 0 Å². The number of nitrogens with one attached hydrogen (secondary N) is 3. The van der Waals surface area contributed by atoms with Gasteiger partial charge in [0.25, 0.3) is 11.5 Å². The summed E-state index contributed by atoms with van der Waals surface area (Å²) in [6.45, 7) is 3.45. The van der Waals surface area contributed by atoms with Crippen LogP contribution in [-0.2, 0) is 24.1 Å². The van der Waals surface area contributed by atoms with Gasteiger partial charge in [-0.3, -0.25) is 25.2 Å². The number of nitrogens with zero attached hydrogens (tertiary/aromatic N) is 1. The molecule has 2 amide bonds. The first-order valence-electron chi connectivity index (χ1n) is 9.74. The molecule has 0 aromatic carbocycles. The molecule has 29 heavy (non-hydrogen) atoms. The molecule has 3 N–H and O–H groups in total. The van der Waals surface area contributed by atoms with Crippen molar-refractivity contribution in [2.45, 2.75) is 58.8 Å². The van der Waals surface area contributed by atoms with Crippen LogP contribution in [0.4, 0.5) is 0 Å². The van der Waals surface area contributed by atoms with E-state index in [-0.39, 0.29) is 23.8 Å². The standard InChI is InChI=1S/C21H24N4O3S/c1-12-15(13(2)23-20(27)16(12)11-22)8-9-19(26)24-25-21(28)18-10-14-6-4-3-5-7-17(14)29-18/h10H,3-9H2,1-2H3,(H,23,27)(H,24,26)(H,25,28). The quantitative estimate of drug-likeness (QED) is 0.529. The van der Waals surface area contributed by atoms with E-state index in [1.54, 1.807) is 13.8 Å². The minimum absolute atomic E-state index is 0.0665. The molecule has 2 aromatic heterocycles. The lowest BCUT2D eigenvalue weighted by Crippen LogP contribution is -2.41. The number of thiophene rings is 1. The second-order valence-corrected chi connectivity index (χ2v) is 8.43. The van der Waals surface area contributed by atoms with Gasteiger partial charge in [-0.1, -0.05) is 6.42 Å². The Morgan fingerprint density at radius 3 is 2.72 bits per heavy atom. The molecule has 0 spiro atoms. The molecule has 8 heteroatoms. The van der Waals surface area contributed by atoms with Crippen molar-refractivity contribution in [3.05, 3.63) is 54.1 Å². The van der Waals surface area contributed by atoms with Crippen LogP contribution in [0.2, 0.25) is 0 Å².